The SMILES string of the molecule is C[C@@H](C(=O)NC(C)(C)C)N(C)c1nc(-c2ccccn2)nc2c1CCC2. The van der Waals surface area contributed by atoms with Gasteiger partial charge in [0, 0.05) is 30.0 Å². The van der Waals surface area contributed by atoms with Crippen molar-refractivity contribution in [2.24, 2.45) is 0 Å². The van der Waals surface area contributed by atoms with E-state index >= 15 is 0 Å². The molecule has 0 saturated carbocycles. The van der Waals surface area contributed by atoms with Gasteiger partial charge in [0.05, 0.1) is 0 Å². The molecule has 0 radical (unpaired) electrons. The third-order valence-electron chi connectivity index (χ3n) is 4.60. The normalized spacial score (nSPS) is 14.7. The summed E-state index contributed by atoms with van der Waals surface area (Å²) in [5.41, 5.74) is 2.72. The molecule has 1 aliphatic carbocycles. The Bertz CT molecular complexity index is 798. The van der Waals surface area contributed by atoms with Crippen LogP contribution in [0.5, 0.6) is 0 Å². The second-order valence-corrected chi connectivity index (χ2v) is 7.89. The number of carbonyl (C=O) groups excluding carboxylic acids is 1. The minimum Gasteiger partial charge on any atom is -0.350 e. The maximum atomic E-state index is 12.6. The molecule has 0 aromatic carbocycles. The number of likely N-dealkylation sites (N-methyl/N-ethyl adjacent to an activating group) is 1. The molecule has 0 fully saturated rings. The quantitative estimate of drug-likeness (QED) is 0.915. The van der Waals surface area contributed by atoms with Crippen LogP contribution in [0.25, 0.3) is 11.5 Å². The maximum absolute atomic E-state index is 12.6. The molecule has 1 atom stereocenters. The van der Waals surface area contributed by atoms with E-state index in [9.17, 15) is 4.79 Å². The van der Waals surface area contributed by atoms with E-state index in [0.717, 1.165) is 42.0 Å². The van der Waals surface area contributed by atoms with Crippen molar-refractivity contribution in [3.05, 3.63) is 35.7 Å². The molecule has 138 valence electrons. The van der Waals surface area contributed by atoms with E-state index in [2.05, 4.69) is 10.3 Å². The van der Waals surface area contributed by atoms with Crippen LogP contribution in [0.3, 0.4) is 0 Å². The molecule has 2 aromatic rings. The van der Waals surface area contributed by atoms with E-state index < -0.39 is 0 Å². The van der Waals surface area contributed by atoms with Crippen LogP contribution in [0.2, 0.25) is 0 Å². The average molecular weight is 353 g/mol. The van der Waals surface area contributed by atoms with Crippen molar-refractivity contribution in [2.75, 3.05) is 11.9 Å². The number of fused-ring (bicyclic) bond motifs is 1. The van der Waals surface area contributed by atoms with E-state index in [1.54, 1.807) is 6.20 Å². The number of nitrogens with zero attached hydrogens (tertiary/aromatic N) is 4. The number of aromatic nitrogens is 3. The van der Waals surface area contributed by atoms with E-state index in [1.807, 2.05) is 57.8 Å². The molecule has 0 aliphatic heterocycles. The summed E-state index contributed by atoms with van der Waals surface area (Å²) in [6.45, 7) is 7.86. The van der Waals surface area contributed by atoms with Crippen molar-refractivity contribution >= 4 is 11.7 Å². The van der Waals surface area contributed by atoms with Crippen molar-refractivity contribution < 1.29 is 4.79 Å². The second-order valence-electron chi connectivity index (χ2n) is 7.89. The summed E-state index contributed by atoms with van der Waals surface area (Å²) in [7, 11) is 1.93. The molecule has 0 saturated heterocycles. The highest BCUT2D eigenvalue weighted by molar-refractivity contribution is 5.85. The summed E-state index contributed by atoms with van der Waals surface area (Å²) in [6, 6.07) is 5.39. The molecule has 1 aliphatic rings. The van der Waals surface area contributed by atoms with E-state index in [1.165, 1.54) is 0 Å². The zero-order valence-corrected chi connectivity index (χ0v) is 16.2. The van der Waals surface area contributed by atoms with Crippen LogP contribution < -0.4 is 10.2 Å². The van der Waals surface area contributed by atoms with Gasteiger partial charge in [-0.2, -0.15) is 0 Å². The van der Waals surface area contributed by atoms with Crippen LogP contribution in [-0.4, -0.2) is 39.5 Å². The van der Waals surface area contributed by atoms with Crippen molar-refractivity contribution in [3.8, 4) is 11.5 Å². The second kappa shape index (κ2) is 7.02. The molecule has 6 nitrogen and oxygen atoms in total. The van der Waals surface area contributed by atoms with Gasteiger partial charge in [0.25, 0.3) is 0 Å². The Balaban J connectivity index is 1.96. The predicted molar refractivity (Wildman–Crippen MR) is 103 cm³/mol. The zero-order valence-electron chi connectivity index (χ0n) is 16.2. The Hall–Kier alpha value is -2.50. The van der Waals surface area contributed by atoms with Gasteiger partial charge in [-0.3, -0.25) is 9.78 Å². The standard InChI is InChI=1S/C20H27N5O/c1-13(19(26)24-20(2,3)4)25(5)18-14-9-8-11-15(14)22-17(23-18)16-10-6-7-12-21-16/h6-7,10,12-13H,8-9,11H2,1-5H3,(H,24,26)/t13-/m0/s1. The summed E-state index contributed by atoms with van der Waals surface area (Å²) in [6.07, 6.45) is 4.71. The van der Waals surface area contributed by atoms with Crippen LogP contribution >= 0.6 is 0 Å². The van der Waals surface area contributed by atoms with Gasteiger partial charge in [0.1, 0.15) is 17.6 Å². The van der Waals surface area contributed by atoms with Gasteiger partial charge in [0.2, 0.25) is 5.91 Å². The average Bonchev–Trinajstić information content (AvgIpc) is 3.07. The first-order valence-corrected chi connectivity index (χ1v) is 9.12. The van der Waals surface area contributed by atoms with Crippen LogP contribution in [0.4, 0.5) is 5.82 Å². The first kappa shape index (κ1) is 18.3. The summed E-state index contributed by atoms with van der Waals surface area (Å²) in [5, 5.41) is 3.05. The molecule has 26 heavy (non-hydrogen) atoms. The first-order chi connectivity index (χ1) is 12.3. The van der Waals surface area contributed by atoms with Crippen molar-refractivity contribution in [1.82, 2.24) is 20.3 Å². The van der Waals surface area contributed by atoms with Gasteiger partial charge in [-0.25, -0.2) is 9.97 Å². The number of hydrogen-bond acceptors (Lipinski definition) is 5. The Morgan fingerprint density at radius 2 is 2.00 bits per heavy atom. The molecule has 0 spiro atoms. The Morgan fingerprint density at radius 1 is 1.23 bits per heavy atom. The monoisotopic (exact) mass is 353 g/mol. The molecular formula is C20H27N5O. The molecule has 2 heterocycles. The molecule has 0 bridgehead atoms. The molecule has 0 unspecified atom stereocenters. The number of pyridine rings is 1. The fourth-order valence-corrected chi connectivity index (χ4v) is 3.15. The Morgan fingerprint density at radius 3 is 2.65 bits per heavy atom. The summed E-state index contributed by atoms with van der Waals surface area (Å²) >= 11 is 0. The fraction of sp³-hybridized carbons (Fsp3) is 0.500. The number of anilines is 1. The van der Waals surface area contributed by atoms with Gasteiger partial charge in [-0.15, -0.1) is 0 Å². The van der Waals surface area contributed by atoms with Crippen molar-refractivity contribution in [3.63, 3.8) is 0 Å². The number of aryl methyl sites for hydroxylation is 1. The lowest BCUT2D eigenvalue weighted by atomic mass is 10.1. The molecular weight excluding hydrogens is 326 g/mol. The van der Waals surface area contributed by atoms with Gasteiger partial charge >= 0.3 is 0 Å². The van der Waals surface area contributed by atoms with E-state index in [0.29, 0.717) is 5.82 Å². The smallest absolute Gasteiger partial charge is 0.242 e. The van der Waals surface area contributed by atoms with Gasteiger partial charge in [-0.05, 0) is 59.1 Å². The third-order valence-corrected chi connectivity index (χ3v) is 4.60. The maximum Gasteiger partial charge on any atom is 0.242 e. The first-order valence-electron chi connectivity index (χ1n) is 9.12. The molecule has 1 amide bonds. The number of carbonyl (C=O) groups is 1. The third kappa shape index (κ3) is 3.84. The van der Waals surface area contributed by atoms with Gasteiger partial charge in [0.15, 0.2) is 5.82 Å². The predicted octanol–water partition coefficient (Wildman–Crippen LogP) is 2.77. The lowest BCUT2D eigenvalue weighted by Gasteiger charge is -2.30. The van der Waals surface area contributed by atoms with Crippen molar-refractivity contribution in [2.45, 2.75) is 58.5 Å². The highest BCUT2D eigenvalue weighted by Crippen LogP contribution is 2.31. The number of hydrogen-bond donors (Lipinski definition) is 1. The van der Waals surface area contributed by atoms with Gasteiger partial charge in [-0.1, -0.05) is 6.07 Å². The molecule has 3 rings (SSSR count). The van der Waals surface area contributed by atoms with E-state index in [-0.39, 0.29) is 17.5 Å². The van der Waals surface area contributed by atoms with E-state index in [4.69, 9.17) is 9.97 Å². The van der Waals surface area contributed by atoms with Crippen LogP contribution in [-0.2, 0) is 17.6 Å². The van der Waals surface area contributed by atoms with Crippen LogP contribution in [0.15, 0.2) is 24.4 Å². The number of nitrogens with one attached hydrogen (secondary N) is 1. The summed E-state index contributed by atoms with van der Waals surface area (Å²) in [4.78, 5) is 28.5. The highest BCUT2D eigenvalue weighted by atomic mass is 16.2. The molecule has 2 aromatic heterocycles. The Kier molecular flexibility index (Phi) is 4.94. The number of rotatable bonds is 4. The minimum atomic E-state index is -0.328. The Labute approximate surface area is 155 Å². The lowest BCUT2D eigenvalue weighted by molar-refractivity contribution is -0.123. The zero-order chi connectivity index (χ0) is 18.9. The van der Waals surface area contributed by atoms with Crippen LogP contribution in [0.1, 0.15) is 45.4 Å². The van der Waals surface area contributed by atoms with Crippen molar-refractivity contribution in [1.29, 1.82) is 0 Å². The highest BCUT2D eigenvalue weighted by Gasteiger charge is 2.28. The van der Waals surface area contributed by atoms with Crippen LogP contribution in [0, 0.1) is 0 Å². The summed E-state index contributed by atoms with van der Waals surface area (Å²) in [5.74, 6) is 1.45. The summed E-state index contributed by atoms with van der Waals surface area (Å²) < 4.78 is 0. The largest absolute Gasteiger partial charge is 0.350 e. The lowest BCUT2D eigenvalue weighted by Crippen LogP contribution is -2.50. The van der Waals surface area contributed by atoms with Gasteiger partial charge < -0.3 is 10.2 Å². The molecule has 1 N–H and O–H groups in total. The fourth-order valence-electron chi connectivity index (χ4n) is 3.15. The number of amides is 1. The topological polar surface area (TPSA) is 71.0 Å². The minimum absolute atomic E-state index is 0.00950. The molecule has 6 heteroatoms.